The normalized spacial score (nSPS) is 11.9. The smallest absolute Gasteiger partial charge is 0.243 e. The van der Waals surface area contributed by atoms with Crippen molar-refractivity contribution in [2.75, 3.05) is 12.3 Å². The predicted molar refractivity (Wildman–Crippen MR) is 156 cm³/mol. The summed E-state index contributed by atoms with van der Waals surface area (Å²) in [7, 11) is 0. The topological polar surface area (TPSA) is 49.4 Å². The molecule has 0 saturated heterocycles. The molecule has 2 amide bonds. The van der Waals surface area contributed by atoms with E-state index < -0.39 is 11.9 Å². The summed E-state index contributed by atoms with van der Waals surface area (Å²) in [5, 5.41) is 4.07. The van der Waals surface area contributed by atoms with E-state index >= 15 is 0 Å². The van der Waals surface area contributed by atoms with E-state index in [0.717, 1.165) is 11.1 Å². The van der Waals surface area contributed by atoms with E-state index in [-0.39, 0.29) is 35.8 Å². The van der Waals surface area contributed by atoms with E-state index in [1.54, 1.807) is 35.2 Å². The molecule has 0 heterocycles. The fraction of sp³-hybridized carbons (Fsp3) is 0.310. The van der Waals surface area contributed by atoms with Crippen LogP contribution in [0.2, 0.25) is 15.1 Å². The lowest BCUT2D eigenvalue weighted by molar-refractivity contribution is -0.139. The zero-order chi connectivity index (χ0) is 27.7. The van der Waals surface area contributed by atoms with Crippen molar-refractivity contribution in [1.82, 2.24) is 10.2 Å². The summed E-state index contributed by atoms with van der Waals surface area (Å²) < 4.78 is 14.2. The number of carbonyl (C=O) groups is 2. The molecule has 0 unspecified atom stereocenters. The molecule has 202 valence electrons. The van der Waals surface area contributed by atoms with Crippen LogP contribution in [0.15, 0.2) is 66.7 Å². The summed E-state index contributed by atoms with van der Waals surface area (Å²) >= 11 is 19.8. The quantitative estimate of drug-likeness (QED) is 0.237. The van der Waals surface area contributed by atoms with Gasteiger partial charge in [-0.05, 0) is 41.3 Å². The molecular weight excluding hydrogens is 566 g/mol. The average molecular weight is 596 g/mol. The second-order valence-corrected chi connectivity index (χ2v) is 11.5. The lowest BCUT2D eigenvalue weighted by Gasteiger charge is -2.32. The molecule has 0 aliphatic heterocycles. The van der Waals surface area contributed by atoms with Crippen molar-refractivity contribution in [1.29, 1.82) is 0 Å². The van der Waals surface area contributed by atoms with E-state index in [1.807, 2.05) is 44.2 Å². The lowest BCUT2D eigenvalue weighted by Crippen LogP contribution is -2.51. The van der Waals surface area contributed by atoms with E-state index in [4.69, 9.17) is 34.8 Å². The SMILES string of the molecule is CC(C)CNC(=O)[C@@H](Cc1ccccc1)N(Cc1ccc(Cl)c(Cl)c1)C(=O)CSCc1c(F)cccc1Cl. The highest BCUT2D eigenvalue weighted by atomic mass is 35.5. The molecule has 3 rings (SSSR count). The minimum Gasteiger partial charge on any atom is -0.354 e. The van der Waals surface area contributed by atoms with Gasteiger partial charge in [-0.25, -0.2) is 4.39 Å². The molecular formula is C29H30Cl3FN2O2S. The zero-order valence-corrected chi connectivity index (χ0v) is 24.3. The van der Waals surface area contributed by atoms with Gasteiger partial charge in [0.1, 0.15) is 11.9 Å². The highest BCUT2D eigenvalue weighted by molar-refractivity contribution is 7.99. The Hall–Kier alpha value is -2.25. The fourth-order valence-electron chi connectivity index (χ4n) is 3.80. The molecule has 1 atom stereocenters. The summed E-state index contributed by atoms with van der Waals surface area (Å²) in [4.78, 5) is 28.7. The number of carbonyl (C=O) groups excluding carboxylic acids is 2. The fourth-order valence-corrected chi connectivity index (χ4v) is 5.37. The molecule has 4 nitrogen and oxygen atoms in total. The molecule has 0 saturated carbocycles. The molecule has 3 aromatic rings. The Kier molecular flexibility index (Phi) is 11.8. The molecule has 0 aromatic heterocycles. The van der Waals surface area contributed by atoms with Crippen LogP contribution in [0.4, 0.5) is 4.39 Å². The molecule has 9 heteroatoms. The van der Waals surface area contributed by atoms with Crippen LogP contribution in [0.1, 0.15) is 30.5 Å². The monoisotopic (exact) mass is 594 g/mol. The van der Waals surface area contributed by atoms with Crippen LogP contribution in [0, 0.1) is 11.7 Å². The van der Waals surface area contributed by atoms with E-state index in [0.29, 0.717) is 33.6 Å². The average Bonchev–Trinajstić information content (AvgIpc) is 2.89. The number of nitrogens with one attached hydrogen (secondary N) is 1. The molecule has 1 N–H and O–H groups in total. The Morgan fingerprint density at radius 3 is 2.32 bits per heavy atom. The van der Waals surface area contributed by atoms with Crippen LogP contribution in [-0.4, -0.2) is 35.1 Å². The molecule has 0 radical (unpaired) electrons. The van der Waals surface area contributed by atoms with Gasteiger partial charge in [-0.3, -0.25) is 9.59 Å². The van der Waals surface area contributed by atoms with Gasteiger partial charge in [-0.1, -0.05) is 91.1 Å². The summed E-state index contributed by atoms with van der Waals surface area (Å²) in [5.41, 5.74) is 2.01. The molecule has 0 aliphatic rings. The Balaban J connectivity index is 1.88. The maximum Gasteiger partial charge on any atom is 0.243 e. The molecule has 3 aromatic carbocycles. The van der Waals surface area contributed by atoms with Crippen LogP contribution >= 0.6 is 46.6 Å². The van der Waals surface area contributed by atoms with Crippen molar-refractivity contribution in [2.45, 2.75) is 38.6 Å². The number of thioether (sulfide) groups is 1. The van der Waals surface area contributed by atoms with Crippen LogP contribution in [0.3, 0.4) is 0 Å². The molecule has 0 aliphatic carbocycles. The number of nitrogens with zero attached hydrogens (tertiary/aromatic N) is 1. The number of hydrogen-bond acceptors (Lipinski definition) is 3. The van der Waals surface area contributed by atoms with Gasteiger partial charge in [-0.15, -0.1) is 11.8 Å². The summed E-state index contributed by atoms with van der Waals surface area (Å²) in [6.45, 7) is 4.66. The molecule has 0 spiro atoms. The van der Waals surface area contributed by atoms with Gasteiger partial charge in [0.2, 0.25) is 11.8 Å². The van der Waals surface area contributed by atoms with Gasteiger partial charge in [0.05, 0.1) is 15.8 Å². The second-order valence-electron chi connectivity index (χ2n) is 9.31. The van der Waals surface area contributed by atoms with Crippen molar-refractivity contribution >= 4 is 58.4 Å². The van der Waals surface area contributed by atoms with Crippen molar-refractivity contribution in [3.63, 3.8) is 0 Å². The maximum absolute atomic E-state index is 14.2. The first kappa shape index (κ1) is 30.3. The Morgan fingerprint density at radius 1 is 0.921 bits per heavy atom. The first-order valence-corrected chi connectivity index (χ1v) is 14.5. The largest absolute Gasteiger partial charge is 0.354 e. The zero-order valence-electron chi connectivity index (χ0n) is 21.2. The van der Waals surface area contributed by atoms with E-state index in [9.17, 15) is 14.0 Å². The minimum absolute atomic E-state index is 0.0364. The van der Waals surface area contributed by atoms with Crippen LogP contribution < -0.4 is 5.32 Å². The number of benzene rings is 3. The molecule has 0 bridgehead atoms. The third-order valence-electron chi connectivity index (χ3n) is 5.83. The van der Waals surface area contributed by atoms with Crippen molar-refractivity contribution in [2.24, 2.45) is 5.92 Å². The van der Waals surface area contributed by atoms with Gasteiger partial charge in [0, 0.05) is 35.8 Å². The van der Waals surface area contributed by atoms with Crippen LogP contribution in [0.25, 0.3) is 0 Å². The van der Waals surface area contributed by atoms with Gasteiger partial charge in [0.15, 0.2) is 0 Å². The van der Waals surface area contributed by atoms with Gasteiger partial charge in [0.25, 0.3) is 0 Å². The predicted octanol–water partition coefficient (Wildman–Crippen LogP) is 7.43. The summed E-state index contributed by atoms with van der Waals surface area (Å²) in [6, 6.07) is 18.4. The number of amides is 2. The number of rotatable bonds is 12. The Labute approximate surface area is 242 Å². The van der Waals surface area contributed by atoms with Crippen molar-refractivity contribution in [3.05, 3.63) is 104 Å². The first-order valence-electron chi connectivity index (χ1n) is 12.2. The lowest BCUT2D eigenvalue weighted by atomic mass is 10.0. The highest BCUT2D eigenvalue weighted by Gasteiger charge is 2.30. The second kappa shape index (κ2) is 14.8. The first-order chi connectivity index (χ1) is 18.2. The van der Waals surface area contributed by atoms with Crippen LogP contribution in [0.5, 0.6) is 0 Å². The van der Waals surface area contributed by atoms with Gasteiger partial charge < -0.3 is 10.2 Å². The highest BCUT2D eigenvalue weighted by Crippen LogP contribution is 2.26. The van der Waals surface area contributed by atoms with Gasteiger partial charge in [-0.2, -0.15) is 0 Å². The van der Waals surface area contributed by atoms with Crippen molar-refractivity contribution < 1.29 is 14.0 Å². The Bertz CT molecular complexity index is 1220. The third kappa shape index (κ3) is 8.91. The van der Waals surface area contributed by atoms with Gasteiger partial charge >= 0.3 is 0 Å². The summed E-state index contributed by atoms with van der Waals surface area (Å²) in [5.74, 6) is -0.404. The standard InChI is InChI=1S/C29H30Cl3FN2O2S/c1-19(2)15-34-29(37)27(14-20-7-4-3-5-8-20)35(16-21-11-12-24(31)25(32)13-21)28(36)18-38-17-22-23(30)9-6-10-26(22)33/h3-13,19,27H,14-18H2,1-2H3,(H,34,37)/t27-/m1/s1. The Morgan fingerprint density at radius 2 is 1.66 bits per heavy atom. The van der Waals surface area contributed by atoms with Crippen LogP contribution in [-0.2, 0) is 28.3 Å². The number of hydrogen-bond donors (Lipinski definition) is 1. The van der Waals surface area contributed by atoms with E-state index in [1.165, 1.54) is 17.8 Å². The molecule has 38 heavy (non-hydrogen) atoms. The summed E-state index contributed by atoms with van der Waals surface area (Å²) in [6.07, 6.45) is 0.335. The maximum atomic E-state index is 14.2. The minimum atomic E-state index is -0.768. The van der Waals surface area contributed by atoms with E-state index in [2.05, 4.69) is 5.32 Å². The third-order valence-corrected chi connectivity index (χ3v) is 7.86. The molecule has 0 fully saturated rings. The number of halogens is 4. The van der Waals surface area contributed by atoms with Crippen molar-refractivity contribution in [3.8, 4) is 0 Å².